The molecule has 0 aliphatic carbocycles. The maximum atomic E-state index is 13.6. The number of methoxy groups -OCH3 is 1. The highest BCUT2D eigenvalue weighted by atomic mass is 16.5. The van der Waals surface area contributed by atoms with Crippen molar-refractivity contribution in [1.29, 1.82) is 0 Å². The van der Waals surface area contributed by atoms with Crippen molar-refractivity contribution in [3.8, 4) is 0 Å². The number of hydrogen-bond donors (Lipinski definition) is 1. The van der Waals surface area contributed by atoms with Gasteiger partial charge in [0.25, 0.3) is 0 Å². The number of hydrogen-bond acceptors (Lipinski definition) is 5. The van der Waals surface area contributed by atoms with Crippen molar-refractivity contribution in [1.82, 2.24) is 9.78 Å². The summed E-state index contributed by atoms with van der Waals surface area (Å²) in [4.78, 5) is 26.3. The second-order valence-electron chi connectivity index (χ2n) is 9.76. The average molecular weight is 446 g/mol. The quantitative estimate of drug-likeness (QED) is 0.401. The first kappa shape index (κ1) is 22.8. The number of ether oxygens (including phenoxy) is 1. The van der Waals surface area contributed by atoms with Crippen molar-refractivity contribution in [2.24, 2.45) is 5.41 Å². The molecule has 0 spiro atoms. The van der Waals surface area contributed by atoms with Crippen molar-refractivity contribution in [3.05, 3.63) is 83.6 Å². The van der Waals surface area contributed by atoms with Crippen molar-refractivity contribution in [2.45, 2.75) is 51.6 Å². The Kier molecular flexibility index (Phi) is 6.11. The minimum absolute atomic E-state index is 0.0331. The van der Waals surface area contributed by atoms with Gasteiger partial charge in [-0.15, -0.1) is 0 Å². The molecular formula is C27H31N3O3. The zero-order valence-electron chi connectivity index (χ0n) is 19.7. The van der Waals surface area contributed by atoms with Crippen LogP contribution < -0.4 is 5.32 Å². The molecule has 1 N–H and O–H groups in total. The molecule has 2 atom stereocenters. The lowest BCUT2D eigenvalue weighted by atomic mass is 9.78. The van der Waals surface area contributed by atoms with E-state index in [1.54, 1.807) is 13.1 Å². The third-order valence-electron chi connectivity index (χ3n) is 6.53. The van der Waals surface area contributed by atoms with E-state index in [9.17, 15) is 9.59 Å². The molecular weight excluding hydrogens is 414 g/mol. The monoisotopic (exact) mass is 445 g/mol. The Hall–Kier alpha value is -3.41. The molecule has 172 valence electrons. The first-order valence-corrected chi connectivity index (χ1v) is 11.3. The highest BCUT2D eigenvalue weighted by molar-refractivity contribution is 6.02. The van der Waals surface area contributed by atoms with Crippen LogP contribution in [0, 0.1) is 5.41 Å². The summed E-state index contributed by atoms with van der Waals surface area (Å²) in [5, 5.41) is 8.10. The number of carbonyl (C=O) groups is 2. The normalized spacial score (nSPS) is 18.5. The first-order chi connectivity index (χ1) is 15.7. The van der Waals surface area contributed by atoms with Crippen LogP contribution in [0.2, 0.25) is 0 Å². The molecule has 2 aromatic carbocycles. The van der Waals surface area contributed by atoms with Gasteiger partial charge in [0.05, 0.1) is 35.9 Å². The van der Waals surface area contributed by atoms with Gasteiger partial charge in [-0.05, 0) is 44.7 Å². The van der Waals surface area contributed by atoms with Gasteiger partial charge in [0, 0.05) is 6.42 Å². The zero-order chi connectivity index (χ0) is 23.6. The van der Waals surface area contributed by atoms with Crippen LogP contribution in [0.3, 0.4) is 0 Å². The molecule has 6 heteroatoms. The Morgan fingerprint density at radius 2 is 1.76 bits per heavy atom. The minimum atomic E-state index is -0.981. The Balaban J connectivity index is 1.64. The van der Waals surface area contributed by atoms with Gasteiger partial charge >= 0.3 is 5.97 Å². The van der Waals surface area contributed by atoms with Gasteiger partial charge in [0.1, 0.15) is 5.82 Å². The first-order valence-electron chi connectivity index (χ1n) is 11.3. The average Bonchev–Trinajstić information content (AvgIpc) is 3.24. The summed E-state index contributed by atoms with van der Waals surface area (Å²) in [5.41, 5.74) is 1.41. The van der Waals surface area contributed by atoms with Crippen LogP contribution in [0.5, 0.6) is 0 Å². The van der Waals surface area contributed by atoms with Gasteiger partial charge in [-0.25, -0.2) is 4.68 Å². The van der Waals surface area contributed by atoms with Crippen molar-refractivity contribution >= 4 is 17.6 Å². The summed E-state index contributed by atoms with van der Waals surface area (Å²) in [6.45, 7) is 6.05. The van der Waals surface area contributed by atoms with Crippen LogP contribution >= 0.6 is 0 Å². The van der Waals surface area contributed by atoms with Gasteiger partial charge in [-0.3, -0.25) is 9.59 Å². The number of anilines is 1. The van der Waals surface area contributed by atoms with E-state index in [-0.39, 0.29) is 23.8 Å². The number of nitrogens with zero attached hydrogens (tertiary/aromatic N) is 2. The summed E-state index contributed by atoms with van der Waals surface area (Å²) in [6.07, 6.45) is 2.92. The molecule has 1 aliphatic heterocycles. The van der Waals surface area contributed by atoms with E-state index in [0.717, 1.165) is 12.0 Å². The smallest absolute Gasteiger partial charge is 0.312 e. The van der Waals surface area contributed by atoms with Crippen LogP contribution in [-0.4, -0.2) is 28.6 Å². The van der Waals surface area contributed by atoms with Gasteiger partial charge < -0.3 is 10.1 Å². The van der Waals surface area contributed by atoms with Gasteiger partial charge in [-0.1, -0.05) is 60.7 Å². The summed E-state index contributed by atoms with van der Waals surface area (Å²) in [7, 11) is 1.37. The second-order valence-corrected chi connectivity index (χ2v) is 9.76. The van der Waals surface area contributed by atoms with Crippen molar-refractivity contribution in [3.63, 3.8) is 0 Å². The molecule has 4 rings (SSSR count). The van der Waals surface area contributed by atoms with E-state index in [1.807, 2.05) is 53.2 Å². The Labute approximate surface area is 195 Å². The van der Waals surface area contributed by atoms with E-state index in [2.05, 4.69) is 36.4 Å². The van der Waals surface area contributed by atoms with Crippen molar-refractivity contribution in [2.75, 3.05) is 12.4 Å². The molecule has 0 bridgehead atoms. The number of benzene rings is 2. The predicted molar refractivity (Wildman–Crippen MR) is 128 cm³/mol. The van der Waals surface area contributed by atoms with Crippen LogP contribution in [-0.2, 0) is 21.5 Å². The number of rotatable bonds is 7. The molecule has 1 aliphatic rings. The highest BCUT2D eigenvalue weighted by Gasteiger charge is 2.40. The third kappa shape index (κ3) is 4.56. The summed E-state index contributed by atoms with van der Waals surface area (Å²) in [5.74, 6) is 0.185. The molecule has 0 radical (unpaired) electrons. The Morgan fingerprint density at radius 1 is 1.12 bits per heavy atom. The van der Waals surface area contributed by atoms with Crippen LogP contribution in [0.1, 0.15) is 61.1 Å². The fraction of sp³-hybridized carbons (Fsp3) is 0.370. The SMILES string of the molecule is COC(=O)C(C)(CC(=O)c1cnn2c1NC(c1ccccc1)CC2(C)C)Cc1ccccc1. The molecule has 0 saturated heterocycles. The maximum Gasteiger partial charge on any atom is 0.312 e. The minimum Gasteiger partial charge on any atom is -0.469 e. The number of ketones is 1. The standard InChI is InChI=1S/C27H31N3O3/c1-26(2)16-22(20-13-9-6-10-14-20)29-24-21(18-28-30(24)26)23(31)17-27(3,25(32)33-4)15-19-11-7-5-8-12-19/h5-14,18,22,29H,15-17H2,1-4H3. The summed E-state index contributed by atoms with van der Waals surface area (Å²) >= 11 is 0. The number of aromatic nitrogens is 2. The van der Waals surface area contributed by atoms with Crippen molar-refractivity contribution < 1.29 is 14.3 Å². The molecule has 6 nitrogen and oxygen atoms in total. The molecule has 2 unspecified atom stereocenters. The van der Waals surface area contributed by atoms with Gasteiger partial charge in [0.15, 0.2) is 5.78 Å². The van der Waals surface area contributed by atoms with Crippen LogP contribution in [0.25, 0.3) is 0 Å². The number of carbonyl (C=O) groups excluding carboxylic acids is 2. The molecule has 33 heavy (non-hydrogen) atoms. The van der Waals surface area contributed by atoms with E-state index in [4.69, 9.17) is 4.74 Å². The van der Waals surface area contributed by atoms with E-state index >= 15 is 0 Å². The molecule has 0 fully saturated rings. The number of nitrogens with one attached hydrogen (secondary N) is 1. The topological polar surface area (TPSA) is 73.2 Å². The van der Waals surface area contributed by atoms with Gasteiger partial charge in [0.2, 0.25) is 0 Å². The number of esters is 1. The van der Waals surface area contributed by atoms with Crippen LogP contribution in [0.15, 0.2) is 66.9 Å². The highest BCUT2D eigenvalue weighted by Crippen LogP contribution is 2.41. The van der Waals surface area contributed by atoms with E-state index in [0.29, 0.717) is 17.8 Å². The summed E-state index contributed by atoms with van der Waals surface area (Å²) < 4.78 is 6.99. The zero-order valence-corrected chi connectivity index (χ0v) is 19.7. The number of fused-ring (bicyclic) bond motifs is 1. The lowest BCUT2D eigenvalue weighted by Gasteiger charge is -2.38. The fourth-order valence-corrected chi connectivity index (χ4v) is 4.79. The van der Waals surface area contributed by atoms with E-state index < -0.39 is 11.4 Å². The Morgan fingerprint density at radius 3 is 2.39 bits per heavy atom. The molecule has 0 saturated carbocycles. The number of Topliss-reactive ketones (excluding diaryl/α,β-unsaturated/α-hetero) is 1. The summed E-state index contributed by atoms with van der Waals surface area (Å²) in [6, 6.07) is 20.0. The lowest BCUT2D eigenvalue weighted by Crippen LogP contribution is -2.38. The molecule has 2 heterocycles. The van der Waals surface area contributed by atoms with E-state index in [1.165, 1.54) is 12.7 Å². The molecule has 0 amide bonds. The molecule has 1 aromatic heterocycles. The largest absolute Gasteiger partial charge is 0.469 e. The lowest BCUT2D eigenvalue weighted by molar-refractivity contribution is -0.151. The Bertz CT molecular complexity index is 1140. The fourth-order valence-electron chi connectivity index (χ4n) is 4.79. The van der Waals surface area contributed by atoms with Crippen LogP contribution in [0.4, 0.5) is 5.82 Å². The predicted octanol–water partition coefficient (Wildman–Crippen LogP) is 5.17. The maximum absolute atomic E-state index is 13.6. The molecule has 3 aromatic rings. The van der Waals surface area contributed by atoms with Gasteiger partial charge in [-0.2, -0.15) is 5.10 Å². The third-order valence-corrected chi connectivity index (χ3v) is 6.53. The second kappa shape index (κ2) is 8.85.